The van der Waals surface area contributed by atoms with Crippen LogP contribution in [0.2, 0.25) is 0 Å². The number of carbonyl (C=O) groups excluding carboxylic acids is 2. The van der Waals surface area contributed by atoms with Crippen LogP contribution in [0.3, 0.4) is 0 Å². The van der Waals surface area contributed by atoms with Crippen molar-refractivity contribution in [3.05, 3.63) is 59.7 Å². The van der Waals surface area contributed by atoms with Crippen molar-refractivity contribution in [1.82, 2.24) is 10.2 Å². The number of nitrogens with zero attached hydrogens (tertiary/aromatic N) is 1. The molecule has 5 rings (SSSR count). The highest BCUT2D eigenvalue weighted by Crippen LogP contribution is 2.44. The number of ether oxygens (including phenoxy) is 1. The molecule has 3 aliphatic rings. The van der Waals surface area contributed by atoms with Gasteiger partial charge in [-0.05, 0) is 40.5 Å². The molecule has 35 heavy (non-hydrogen) atoms. The molecule has 1 aliphatic heterocycles. The highest BCUT2D eigenvalue weighted by Gasteiger charge is 2.48. The van der Waals surface area contributed by atoms with E-state index in [-0.39, 0.29) is 36.9 Å². The Hall–Kier alpha value is -3.35. The molecule has 0 spiro atoms. The quantitative estimate of drug-likeness (QED) is 0.672. The van der Waals surface area contributed by atoms with Gasteiger partial charge in [0.1, 0.15) is 6.61 Å². The average Bonchev–Trinajstić information content (AvgIpc) is 3.51. The van der Waals surface area contributed by atoms with Gasteiger partial charge in [-0.2, -0.15) is 0 Å². The molecule has 2 fully saturated rings. The van der Waals surface area contributed by atoms with E-state index in [1.165, 1.54) is 11.1 Å². The zero-order chi connectivity index (χ0) is 24.7. The molecule has 0 radical (unpaired) electrons. The first-order valence-electron chi connectivity index (χ1n) is 12.4. The monoisotopic (exact) mass is 476 g/mol. The Morgan fingerprint density at radius 2 is 1.66 bits per heavy atom. The van der Waals surface area contributed by atoms with E-state index < -0.39 is 23.4 Å². The Morgan fingerprint density at radius 3 is 2.26 bits per heavy atom. The molecule has 7 heteroatoms. The first-order chi connectivity index (χ1) is 16.8. The molecule has 7 nitrogen and oxygen atoms in total. The number of aliphatic carboxylic acids is 1. The van der Waals surface area contributed by atoms with Crippen molar-refractivity contribution >= 4 is 18.0 Å². The Labute approximate surface area is 205 Å². The van der Waals surface area contributed by atoms with Gasteiger partial charge < -0.3 is 20.1 Å². The van der Waals surface area contributed by atoms with E-state index in [2.05, 4.69) is 29.6 Å². The van der Waals surface area contributed by atoms with Crippen molar-refractivity contribution in [2.45, 2.75) is 45.1 Å². The van der Waals surface area contributed by atoms with Gasteiger partial charge >= 0.3 is 12.1 Å². The van der Waals surface area contributed by atoms with Crippen LogP contribution in [-0.2, 0) is 14.3 Å². The van der Waals surface area contributed by atoms with Crippen LogP contribution in [0.1, 0.15) is 50.2 Å². The third-order valence-electron chi connectivity index (χ3n) is 8.03. The summed E-state index contributed by atoms with van der Waals surface area (Å²) >= 11 is 0. The second-order valence-electron chi connectivity index (χ2n) is 10.7. The van der Waals surface area contributed by atoms with Gasteiger partial charge in [-0.15, -0.1) is 0 Å². The first kappa shape index (κ1) is 23.4. The Morgan fingerprint density at radius 1 is 1.03 bits per heavy atom. The van der Waals surface area contributed by atoms with Crippen LogP contribution in [-0.4, -0.2) is 53.7 Å². The lowest BCUT2D eigenvalue weighted by Gasteiger charge is -2.26. The number of alkyl carbamates (subject to hydrolysis) is 1. The van der Waals surface area contributed by atoms with E-state index in [1.807, 2.05) is 38.1 Å². The number of carboxylic acids is 1. The normalized spacial score (nSPS) is 24.6. The highest BCUT2D eigenvalue weighted by atomic mass is 16.5. The molecule has 2 aromatic rings. The van der Waals surface area contributed by atoms with Crippen molar-refractivity contribution in [2.24, 2.45) is 17.3 Å². The van der Waals surface area contributed by atoms with E-state index in [1.54, 1.807) is 4.90 Å². The number of carbonyl (C=O) groups is 3. The number of rotatable bonds is 5. The van der Waals surface area contributed by atoms with Crippen LogP contribution in [0.5, 0.6) is 0 Å². The maximum Gasteiger partial charge on any atom is 0.407 e. The highest BCUT2D eigenvalue weighted by molar-refractivity contribution is 5.83. The van der Waals surface area contributed by atoms with Crippen LogP contribution in [0.25, 0.3) is 11.1 Å². The summed E-state index contributed by atoms with van der Waals surface area (Å²) in [5.41, 5.74) is 4.18. The largest absolute Gasteiger partial charge is 0.481 e. The Kier molecular flexibility index (Phi) is 6.03. The summed E-state index contributed by atoms with van der Waals surface area (Å²) in [5, 5.41) is 12.5. The lowest BCUT2D eigenvalue weighted by Crippen LogP contribution is -2.45. The summed E-state index contributed by atoms with van der Waals surface area (Å²) < 4.78 is 5.68. The maximum atomic E-state index is 13.3. The van der Waals surface area contributed by atoms with Crippen LogP contribution < -0.4 is 5.32 Å². The molecule has 0 bridgehead atoms. The predicted molar refractivity (Wildman–Crippen MR) is 131 cm³/mol. The van der Waals surface area contributed by atoms with Crippen molar-refractivity contribution in [2.75, 3.05) is 19.7 Å². The number of amides is 2. The summed E-state index contributed by atoms with van der Waals surface area (Å²) in [6, 6.07) is 16.1. The fourth-order valence-corrected chi connectivity index (χ4v) is 6.17. The van der Waals surface area contributed by atoms with Gasteiger partial charge in [-0.1, -0.05) is 68.8 Å². The number of hydrogen-bond donors (Lipinski definition) is 2. The van der Waals surface area contributed by atoms with Crippen LogP contribution in [0.4, 0.5) is 4.79 Å². The number of benzene rings is 2. The van der Waals surface area contributed by atoms with Gasteiger partial charge in [-0.3, -0.25) is 9.59 Å². The molecule has 0 aromatic heterocycles. The van der Waals surface area contributed by atoms with Gasteiger partial charge in [0.05, 0.1) is 11.8 Å². The maximum absolute atomic E-state index is 13.3. The zero-order valence-electron chi connectivity index (χ0n) is 20.2. The molecule has 2 aromatic carbocycles. The summed E-state index contributed by atoms with van der Waals surface area (Å²) in [7, 11) is 0. The van der Waals surface area contributed by atoms with Crippen molar-refractivity contribution in [1.29, 1.82) is 0 Å². The molecule has 1 unspecified atom stereocenters. The lowest BCUT2D eigenvalue weighted by molar-refractivity contribution is -0.144. The smallest absolute Gasteiger partial charge is 0.407 e. The molecule has 1 saturated carbocycles. The second kappa shape index (κ2) is 9.02. The van der Waals surface area contributed by atoms with E-state index in [0.29, 0.717) is 19.4 Å². The molecule has 2 amide bonds. The number of nitrogens with one attached hydrogen (secondary N) is 1. The van der Waals surface area contributed by atoms with E-state index in [9.17, 15) is 19.5 Å². The fraction of sp³-hybridized carbons (Fsp3) is 0.464. The van der Waals surface area contributed by atoms with Gasteiger partial charge in [0.25, 0.3) is 0 Å². The van der Waals surface area contributed by atoms with Gasteiger partial charge in [0.15, 0.2) is 0 Å². The third kappa shape index (κ3) is 4.28. The van der Waals surface area contributed by atoms with Crippen molar-refractivity contribution < 1.29 is 24.2 Å². The second-order valence-corrected chi connectivity index (χ2v) is 10.7. The third-order valence-corrected chi connectivity index (χ3v) is 8.03. The molecule has 3 atom stereocenters. The summed E-state index contributed by atoms with van der Waals surface area (Å²) in [6.07, 6.45) is 1.72. The van der Waals surface area contributed by atoms with Crippen LogP contribution in [0, 0.1) is 17.3 Å². The van der Waals surface area contributed by atoms with Crippen LogP contribution in [0.15, 0.2) is 48.5 Å². The molecule has 184 valence electrons. The molecule has 2 aliphatic carbocycles. The Bertz CT molecular complexity index is 1110. The number of fused-ring (bicyclic) bond motifs is 3. The Balaban J connectivity index is 1.21. The van der Waals surface area contributed by atoms with E-state index in [0.717, 1.165) is 17.5 Å². The summed E-state index contributed by atoms with van der Waals surface area (Å²) in [6.45, 7) is 4.64. The zero-order valence-corrected chi connectivity index (χ0v) is 20.2. The molecule has 1 heterocycles. The topological polar surface area (TPSA) is 95.9 Å². The minimum Gasteiger partial charge on any atom is -0.481 e. The molecule has 2 N–H and O–H groups in total. The number of hydrogen-bond acceptors (Lipinski definition) is 4. The lowest BCUT2D eigenvalue weighted by atomic mass is 9.82. The van der Waals surface area contributed by atoms with Gasteiger partial charge in [0, 0.05) is 25.0 Å². The fourth-order valence-electron chi connectivity index (χ4n) is 6.17. The molecular formula is C28H32N2O5. The minimum absolute atomic E-state index is 0.0195. The number of carboxylic acid groups (broad SMARTS) is 1. The minimum atomic E-state index is -0.870. The number of likely N-dealkylation sites (tertiary alicyclic amines) is 1. The van der Waals surface area contributed by atoms with E-state index >= 15 is 0 Å². The SMILES string of the molecule is CC1(C)CN(C(=O)[C@H]2CCC[C@H]2NC(=O)OCC2c3ccccc3-c3ccccc32)CC1C(=O)O. The molecular weight excluding hydrogens is 444 g/mol. The molecule has 1 saturated heterocycles. The van der Waals surface area contributed by atoms with Gasteiger partial charge in [0.2, 0.25) is 5.91 Å². The van der Waals surface area contributed by atoms with Gasteiger partial charge in [-0.25, -0.2) is 4.79 Å². The van der Waals surface area contributed by atoms with Crippen molar-refractivity contribution in [3.63, 3.8) is 0 Å². The summed E-state index contributed by atoms with van der Waals surface area (Å²) in [5.74, 6) is -1.89. The van der Waals surface area contributed by atoms with Crippen molar-refractivity contribution in [3.8, 4) is 11.1 Å². The average molecular weight is 477 g/mol. The standard InChI is InChI=1S/C28H32N2O5/c1-28(2)16-30(14-23(28)26(32)33)25(31)21-12-7-13-24(21)29-27(34)35-15-22-19-10-5-3-8-17(19)18-9-4-6-11-20(18)22/h3-6,8-11,21-24H,7,12-16H2,1-2H3,(H,29,34)(H,32,33)/t21-,23?,24+/m0/s1. The van der Waals surface area contributed by atoms with Crippen LogP contribution >= 0.6 is 0 Å². The predicted octanol–water partition coefficient (Wildman–Crippen LogP) is 4.26. The van der Waals surface area contributed by atoms with E-state index in [4.69, 9.17) is 4.74 Å². The first-order valence-corrected chi connectivity index (χ1v) is 12.4. The summed E-state index contributed by atoms with van der Waals surface area (Å²) in [4.78, 5) is 39.4.